The Bertz CT molecular complexity index is 770. The highest BCUT2D eigenvalue weighted by Crippen LogP contribution is 2.10. The number of nitrogens with zero attached hydrogens (tertiary/aromatic N) is 4. The minimum absolute atomic E-state index is 0.0154. The second kappa shape index (κ2) is 5.88. The molecule has 7 heteroatoms. The SMILES string of the molecule is O=C(Cn1nnc2ccccc21)OCc1ccc(Cl)nc1. The van der Waals surface area contributed by atoms with Crippen molar-refractivity contribution >= 4 is 28.6 Å². The molecule has 0 aliphatic heterocycles. The molecule has 1 aromatic carbocycles. The van der Waals surface area contributed by atoms with Crippen molar-refractivity contribution in [2.45, 2.75) is 13.2 Å². The van der Waals surface area contributed by atoms with Crippen LogP contribution in [0.25, 0.3) is 11.0 Å². The normalized spacial score (nSPS) is 10.7. The second-order valence-electron chi connectivity index (χ2n) is 4.39. The highest BCUT2D eigenvalue weighted by atomic mass is 35.5. The summed E-state index contributed by atoms with van der Waals surface area (Å²) in [6.07, 6.45) is 1.57. The van der Waals surface area contributed by atoms with E-state index in [1.54, 1.807) is 18.3 Å². The lowest BCUT2D eigenvalue weighted by molar-refractivity contribution is -0.145. The number of halogens is 1. The summed E-state index contributed by atoms with van der Waals surface area (Å²) in [6.45, 7) is 0.164. The van der Waals surface area contributed by atoms with Gasteiger partial charge in [-0.2, -0.15) is 0 Å². The molecule has 0 bridgehead atoms. The number of para-hydroxylation sites is 1. The first-order chi connectivity index (χ1) is 10.2. The molecule has 21 heavy (non-hydrogen) atoms. The lowest BCUT2D eigenvalue weighted by Crippen LogP contribution is -2.14. The van der Waals surface area contributed by atoms with Gasteiger partial charge >= 0.3 is 5.97 Å². The molecule has 0 saturated heterocycles. The number of hydrogen-bond donors (Lipinski definition) is 0. The molecule has 3 aromatic rings. The van der Waals surface area contributed by atoms with Crippen molar-refractivity contribution in [3.63, 3.8) is 0 Å². The van der Waals surface area contributed by atoms with Gasteiger partial charge in [0.15, 0.2) is 0 Å². The van der Waals surface area contributed by atoms with E-state index in [1.165, 1.54) is 4.68 Å². The number of aromatic nitrogens is 4. The van der Waals surface area contributed by atoms with Crippen LogP contribution in [-0.4, -0.2) is 25.9 Å². The van der Waals surface area contributed by atoms with Crippen LogP contribution in [0.4, 0.5) is 0 Å². The lowest BCUT2D eigenvalue weighted by atomic mass is 10.3. The molecule has 2 aromatic heterocycles. The van der Waals surface area contributed by atoms with Gasteiger partial charge in [0, 0.05) is 11.8 Å². The van der Waals surface area contributed by atoms with E-state index in [9.17, 15) is 4.79 Å². The fourth-order valence-electron chi connectivity index (χ4n) is 1.86. The van der Waals surface area contributed by atoms with Gasteiger partial charge in [0.2, 0.25) is 0 Å². The predicted octanol–water partition coefficient (Wildman–Crippen LogP) is 2.22. The third-order valence-corrected chi connectivity index (χ3v) is 3.11. The quantitative estimate of drug-likeness (QED) is 0.546. The summed E-state index contributed by atoms with van der Waals surface area (Å²) >= 11 is 5.69. The van der Waals surface area contributed by atoms with E-state index in [4.69, 9.17) is 16.3 Å². The Labute approximate surface area is 125 Å². The molecule has 0 spiro atoms. The average Bonchev–Trinajstić information content (AvgIpc) is 2.90. The van der Waals surface area contributed by atoms with Crippen LogP contribution < -0.4 is 0 Å². The fourth-order valence-corrected chi connectivity index (χ4v) is 1.97. The monoisotopic (exact) mass is 302 g/mol. The van der Waals surface area contributed by atoms with Gasteiger partial charge in [-0.1, -0.05) is 35.0 Å². The second-order valence-corrected chi connectivity index (χ2v) is 4.77. The first-order valence-corrected chi connectivity index (χ1v) is 6.64. The summed E-state index contributed by atoms with van der Waals surface area (Å²) in [7, 11) is 0. The molecule has 0 unspecified atom stereocenters. The molecule has 106 valence electrons. The number of carbonyl (C=O) groups is 1. The Kier molecular flexibility index (Phi) is 3.79. The van der Waals surface area contributed by atoms with Crippen LogP contribution in [0.3, 0.4) is 0 Å². The summed E-state index contributed by atoms with van der Waals surface area (Å²) in [5.41, 5.74) is 2.31. The van der Waals surface area contributed by atoms with E-state index in [2.05, 4.69) is 15.3 Å². The Morgan fingerprint density at radius 2 is 2.10 bits per heavy atom. The molecular formula is C14H11ClN4O2. The predicted molar refractivity (Wildman–Crippen MR) is 76.6 cm³/mol. The van der Waals surface area contributed by atoms with Crippen LogP contribution in [-0.2, 0) is 22.7 Å². The minimum atomic E-state index is -0.388. The van der Waals surface area contributed by atoms with Gasteiger partial charge in [0.25, 0.3) is 0 Å². The molecule has 0 fully saturated rings. The maximum Gasteiger partial charge on any atom is 0.328 e. The van der Waals surface area contributed by atoms with E-state index >= 15 is 0 Å². The van der Waals surface area contributed by atoms with E-state index < -0.39 is 0 Å². The molecule has 0 N–H and O–H groups in total. The van der Waals surface area contributed by atoms with Crippen molar-refractivity contribution < 1.29 is 9.53 Å². The molecule has 3 rings (SSSR count). The maximum atomic E-state index is 11.8. The molecular weight excluding hydrogens is 292 g/mol. The Morgan fingerprint density at radius 3 is 2.90 bits per heavy atom. The summed E-state index contributed by atoms with van der Waals surface area (Å²) in [5, 5.41) is 8.32. The van der Waals surface area contributed by atoms with Crippen molar-refractivity contribution in [1.29, 1.82) is 0 Å². The van der Waals surface area contributed by atoms with E-state index in [-0.39, 0.29) is 19.1 Å². The highest BCUT2D eigenvalue weighted by molar-refractivity contribution is 6.29. The van der Waals surface area contributed by atoms with Gasteiger partial charge in [-0.3, -0.25) is 4.79 Å². The average molecular weight is 303 g/mol. The van der Waals surface area contributed by atoms with Gasteiger partial charge < -0.3 is 4.74 Å². The molecule has 0 amide bonds. The van der Waals surface area contributed by atoms with Gasteiger partial charge in [0.05, 0.1) is 5.52 Å². The molecule has 0 radical (unpaired) electrons. The third-order valence-electron chi connectivity index (χ3n) is 2.89. The van der Waals surface area contributed by atoms with Gasteiger partial charge in [-0.25, -0.2) is 9.67 Å². The zero-order valence-corrected chi connectivity index (χ0v) is 11.7. The first kappa shape index (κ1) is 13.5. The third kappa shape index (κ3) is 3.17. The van der Waals surface area contributed by atoms with E-state index in [0.29, 0.717) is 5.15 Å². The summed E-state index contributed by atoms with van der Waals surface area (Å²) in [6, 6.07) is 10.8. The molecule has 0 aliphatic rings. The summed E-state index contributed by atoms with van der Waals surface area (Å²) in [4.78, 5) is 15.8. The zero-order valence-electron chi connectivity index (χ0n) is 10.9. The minimum Gasteiger partial charge on any atom is -0.459 e. The summed E-state index contributed by atoms with van der Waals surface area (Å²) in [5.74, 6) is -0.388. The van der Waals surface area contributed by atoms with Gasteiger partial charge in [0.1, 0.15) is 23.8 Å². The van der Waals surface area contributed by atoms with Crippen molar-refractivity contribution in [3.8, 4) is 0 Å². The highest BCUT2D eigenvalue weighted by Gasteiger charge is 2.09. The number of rotatable bonds is 4. The van der Waals surface area contributed by atoms with Crippen molar-refractivity contribution in [3.05, 3.63) is 53.3 Å². The number of carbonyl (C=O) groups excluding carboxylic acids is 1. The number of benzene rings is 1. The van der Waals surface area contributed by atoms with E-state index in [0.717, 1.165) is 16.6 Å². The fraction of sp³-hybridized carbons (Fsp3) is 0.143. The topological polar surface area (TPSA) is 69.9 Å². The number of hydrogen-bond acceptors (Lipinski definition) is 5. The van der Waals surface area contributed by atoms with E-state index in [1.807, 2.05) is 24.3 Å². The van der Waals surface area contributed by atoms with Crippen molar-refractivity contribution in [1.82, 2.24) is 20.0 Å². The van der Waals surface area contributed by atoms with Crippen LogP contribution in [0.15, 0.2) is 42.6 Å². The Morgan fingerprint density at radius 1 is 1.24 bits per heavy atom. The lowest BCUT2D eigenvalue weighted by Gasteiger charge is -2.05. The van der Waals surface area contributed by atoms with Crippen LogP contribution in [0.2, 0.25) is 5.15 Å². The number of ether oxygens (including phenoxy) is 1. The van der Waals surface area contributed by atoms with Crippen molar-refractivity contribution in [2.75, 3.05) is 0 Å². The smallest absolute Gasteiger partial charge is 0.328 e. The molecule has 0 atom stereocenters. The zero-order chi connectivity index (χ0) is 14.7. The van der Waals surface area contributed by atoms with Crippen LogP contribution in [0.5, 0.6) is 0 Å². The Balaban J connectivity index is 1.62. The standard InChI is InChI=1S/C14H11ClN4O2/c15-13-6-5-10(7-16-13)9-21-14(20)8-19-12-4-2-1-3-11(12)17-18-19/h1-7H,8-9H2. The maximum absolute atomic E-state index is 11.8. The van der Waals surface area contributed by atoms with Crippen LogP contribution >= 0.6 is 11.6 Å². The number of fused-ring (bicyclic) bond motifs is 1. The Hall–Kier alpha value is -2.47. The van der Waals surface area contributed by atoms with Gasteiger partial charge in [-0.15, -0.1) is 5.10 Å². The van der Waals surface area contributed by atoms with Gasteiger partial charge in [-0.05, 0) is 18.2 Å². The largest absolute Gasteiger partial charge is 0.459 e. The van der Waals surface area contributed by atoms with Crippen LogP contribution in [0.1, 0.15) is 5.56 Å². The molecule has 2 heterocycles. The molecule has 0 saturated carbocycles. The molecule has 0 aliphatic carbocycles. The number of esters is 1. The number of pyridine rings is 1. The van der Waals surface area contributed by atoms with Crippen LogP contribution in [0, 0.1) is 0 Å². The van der Waals surface area contributed by atoms with Crippen molar-refractivity contribution in [2.24, 2.45) is 0 Å². The molecule has 6 nitrogen and oxygen atoms in total. The summed E-state index contributed by atoms with van der Waals surface area (Å²) < 4.78 is 6.69. The first-order valence-electron chi connectivity index (χ1n) is 6.26.